The Hall–Kier alpha value is -1.78. The van der Waals surface area contributed by atoms with Gasteiger partial charge in [0.15, 0.2) is 12.4 Å². The van der Waals surface area contributed by atoms with E-state index in [2.05, 4.69) is 57.3 Å². The summed E-state index contributed by atoms with van der Waals surface area (Å²) >= 11 is 0. The molecule has 254 valence electrons. The van der Waals surface area contributed by atoms with Gasteiger partial charge in [-0.05, 0) is 68.7 Å². The molecule has 1 fully saturated rings. The molecule has 1 aliphatic rings. The third-order valence-electron chi connectivity index (χ3n) is 7.37. The average molecular weight is 694 g/mol. The van der Waals surface area contributed by atoms with Crippen molar-refractivity contribution >= 4 is 36.1 Å². The van der Waals surface area contributed by atoms with Crippen LogP contribution in [0, 0.1) is 23.2 Å². The summed E-state index contributed by atoms with van der Waals surface area (Å²) < 4.78 is 39.1. The van der Waals surface area contributed by atoms with Gasteiger partial charge < -0.3 is 28.0 Å². The second-order valence-corrected chi connectivity index (χ2v) is 15.3. The molecule has 3 rings (SSSR count). The zero-order valence-corrected chi connectivity index (χ0v) is 30.2. The van der Waals surface area contributed by atoms with Gasteiger partial charge in [0, 0.05) is 30.0 Å². The van der Waals surface area contributed by atoms with Crippen LogP contribution in [0.3, 0.4) is 0 Å². The molecule has 13 heteroatoms. The minimum absolute atomic E-state index is 0.0484. The number of ether oxygens (including phenoxy) is 4. The summed E-state index contributed by atoms with van der Waals surface area (Å²) in [7, 11) is 1.91. The van der Waals surface area contributed by atoms with E-state index in [0.29, 0.717) is 25.4 Å². The molecule has 0 N–H and O–H groups in total. The first kappa shape index (κ1) is 38.7. The van der Waals surface area contributed by atoms with E-state index in [-0.39, 0.29) is 49.7 Å². The molecule has 10 nitrogen and oxygen atoms in total. The van der Waals surface area contributed by atoms with Crippen molar-refractivity contribution in [2.75, 3.05) is 38.8 Å². The number of aromatic nitrogens is 1. The number of nitriles is 1. The summed E-state index contributed by atoms with van der Waals surface area (Å²) in [5, 5.41) is 9.96. The summed E-state index contributed by atoms with van der Waals surface area (Å²) in [5.41, 5.74) is 0.471. The number of hydrogen-bond donors (Lipinski definition) is 0. The third-order valence-corrected chi connectivity index (χ3v) is 11.7. The van der Waals surface area contributed by atoms with Gasteiger partial charge in [0.05, 0.1) is 57.2 Å². The lowest BCUT2D eigenvalue weighted by Gasteiger charge is -2.43. The van der Waals surface area contributed by atoms with Crippen LogP contribution in [-0.4, -0.2) is 85.0 Å². The van der Waals surface area contributed by atoms with Crippen molar-refractivity contribution < 1.29 is 32.8 Å². The number of carbonyl (C=O) groups is 1. The van der Waals surface area contributed by atoms with Crippen molar-refractivity contribution in [2.45, 2.75) is 83.6 Å². The van der Waals surface area contributed by atoms with Crippen LogP contribution >= 0.6 is 30.1 Å². The molecule has 0 bridgehead atoms. The van der Waals surface area contributed by atoms with Crippen molar-refractivity contribution in [3.05, 3.63) is 60.3 Å². The van der Waals surface area contributed by atoms with Crippen molar-refractivity contribution in [1.29, 1.82) is 5.26 Å². The van der Waals surface area contributed by atoms with E-state index < -0.39 is 26.9 Å². The molecular weight excluding hydrogens is 645 g/mol. The van der Waals surface area contributed by atoms with E-state index >= 15 is 0 Å². The highest BCUT2D eigenvalue weighted by Gasteiger charge is 2.44. The van der Waals surface area contributed by atoms with Crippen LogP contribution < -0.4 is 0 Å². The zero-order chi connectivity index (χ0) is 33.3. The van der Waals surface area contributed by atoms with Crippen LogP contribution in [0.15, 0.2) is 59.8 Å². The second kappa shape index (κ2) is 21.2. The SMILES string of the molecule is CC1C(COCCSSc2ccccn2)OC(OCCOP(OCCC#N)N(C(C)C)C(C)C)C(OC(=O)c2ccccc2)C1C. The van der Waals surface area contributed by atoms with Crippen molar-refractivity contribution in [2.24, 2.45) is 11.8 Å². The first-order valence-corrected chi connectivity index (χ1v) is 19.2. The van der Waals surface area contributed by atoms with Gasteiger partial charge in [0.1, 0.15) is 5.03 Å². The smallest absolute Gasteiger partial charge is 0.338 e. The summed E-state index contributed by atoms with van der Waals surface area (Å²) in [6.45, 7) is 14.2. The van der Waals surface area contributed by atoms with Crippen LogP contribution in [-0.2, 0) is 28.0 Å². The Bertz CT molecular complexity index is 1170. The second-order valence-electron chi connectivity index (χ2n) is 11.4. The van der Waals surface area contributed by atoms with Gasteiger partial charge in [-0.3, -0.25) is 0 Å². The maximum absolute atomic E-state index is 13.1. The Labute approximate surface area is 283 Å². The molecule has 2 heterocycles. The van der Waals surface area contributed by atoms with E-state index in [4.69, 9.17) is 33.3 Å². The van der Waals surface area contributed by atoms with E-state index in [1.54, 1.807) is 52.1 Å². The number of carbonyl (C=O) groups excluding carboxylic acids is 1. The number of pyridine rings is 1. The van der Waals surface area contributed by atoms with Gasteiger partial charge in [0.25, 0.3) is 8.53 Å². The van der Waals surface area contributed by atoms with Crippen LogP contribution in [0.1, 0.15) is 58.3 Å². The number of hydrogen-bond acceptors (Lipinski definition) is 12. The molecule has 0 amide bonds. The van der Waals surface area contributed by atoms with Gasteiger partial charge in [0.2, 0.25) is 0 Å². The first-order valence-electron chi connectivity index (χ1n) is 15.7. The van der Waals surface area contributed by atoms with Gasteiger partial charge in [-0.2, -0.15) is 5.26 Å². The molecule has 1 saturated heterocycles. The number of benzene rings is 1. The largest absolute Gasteiger partial charge is 0.453 e. The summed E-state index contributed by atoms with van der Waals surface area (Å²) in [6.07, 6.45) is 0.398. The van der Waals surface area contributed by atoms with E-state index in [1.807, 2.05) is 24.3 Å². The fourth-order valence-corrected chi connectivity index (χ4v) is 8.21. The summed E-state index contributed by atoms with van der Waals surface area (Å²) in [4.78, 5) is 17.4. The predicted octanol–water partition coefficient (Wildman–Crippen LogP) is 7.37. The normalized spacial score (nSPS) is 22.2. The minimum atomic E-state index is -1.40. The standard InChI is InChI=1S/C33H48N3O7PS2/c1-24(2)36(25(3)4)44(40-18-12-16-34)41-20-19-39-33-31(43-32(37)28-13-8-7-9-14-28)27(6)26(5)29(42-33)23-38-21-22-45-46-30-15-10-11-17-35-30/h7-11,13-15,17,24-27,29,31,33H,12,18-23H2,1-6H3. The average Bonchev–Trinajstić information content (AvgIpc) is 3.05. The highest BCUT2D eigenvalue weighted by atomic mass is 33.1. The lowest BCUT2D eigenvalue weighted by atomic mass is 9.83. The molecule has 46 heavy (non-hydrogen) atoms. The molecule has 1 aliphatic heterocycles. The molecule has 0 saturated carbocycles. The molecule has 0 aliphatic carbocycles. The molecule has 0 spiro atoms. The Morgan fingerprint density at radius 1 is 1.00 bits per heavy atom. The number of esters is 1. The quantitative estimate of drug-likeness (QED) is 0.0597. The van der Waals surface area contributed by atoms with Crippen molar-refractivity contribution in [1.82, 2.24) is 9.65 Å². The maximum Gasteiger partial charge on any atom is 0.338 e. The topological polar surface area (TPSA) is 112 Å². The highest BCUT2D eigenvalue weighted by Crippen LogP contribution is 2.46. The molecule has 1 aromatic carbocycles. The van der Waals surface area contributed by atoms with Gasteiger partial charge in [-0.1, -0.05) is 48.9 Å². The Kier molecular flexibility index (Phi) is 17.9. The third kappa shape index (κ3) is 12.7. The molecule has 6 unspecified atom stereocenters. The van der Waals surface area contributed by atoms with Gasteiger partial charge in [-0.25, -0.2) is 14.4 Å². The fraction of sp³-hybridized carbons (Fsp3) is 0.606. The minimum Gasteiger partial charge on any atom is -0.453 e. The number of rotatable bonds is 20. The molecule has 6 atom stereocenters. The monoisotopic (exact) mass is 693 g/mol. The van der Waals surface area contributed by atoms with Crippen LogP contribution in [0.4, 0.5) is 0 Å². The molecule has 0 radical (unpaired) electrons. The maximum atomic E-state index is 13.1. The van der Waals surface area contributed by atoms with E-state index in [1.165, 1.54) is 0 Å². The molecular formula is C33H48N3O7PS2. The predicted molar refractivity (Wildman–Crippen MR) is 183 cm³/mol. The molecule has 1 aromatic heterocycles. The van der Waals surface area contributed by atoms with Crippen molar-refractivity contribution in [3.63, 3.8) is 0 Å². The summed E-state index contributed by atoms with van der Waals surface area (Å²) in [6, 6.07) is 17.3. The highest BCUT2D eigenvalue weighted by molar-refractivity contribution is 8.76. The molecule has 2 aromatic rings. The van der Waals surface area contributed by atoms with Crippen molar-refractivity contribution in [3.8, 4) is 6.07 Å². The Morgan fingerprint density at radius 2 is 1.72 bits per heavy atom. The Balaban J connectivity index is 1.60. The zero-order valence-electron chi connectivity index (χ0n) is 27.7. The van der Waals surface area contributed by atoms with Crippen LogP contribution in [0.2, 0.25) is 0 Å². The lowest BCUT2D eigenvalue weighted by Crippen LogP contribution is -2.53. The van der Waals surface area contributed by atoms with E-state index in [9.17, 15) is 4.79 Å². The van der Waals surface area contributed by atoms with Crippen LogP contribution in [0.5, 0.6) is 0 Å². The van der Waals surface area contributed by atoms with Gasteiger partial charge >= 0.3 is 5.97 Å². The Morgan fingerprint density at radius 3 is 2.39 bits per heavy atom. The van der Waals surface area contributed by atoms with Gasteiger partial charge in [-0.15, -0.1) is 0 Å². The summed E-state index contributed by atoms with van der Waals surface area (Å²) in [5.74, 6) is 0.371. The fourth-order valence-electron chi connectivity index (χ4n) is 4.90. The van der Waals surface area contributed by atoms with Crippen LogP contribution in [0.25, 0.3) is 0 Å². The van der Waals surface area contributed by atoms with E-state index in [0.717, 1.165) is 10.8 Å². The lowest BCUT2D eigenvalue weighted by molar-refractivity contribution is -0.277. The number of nitrogens with zero attached hydrogens (tertiary/aromatic N) is 3. The first-order chi connectivity index (χ1) is 22.2.